The molecule has 6 nitrogen and oxygen atoms in total. The van der Waals surface area contributed by atoms with Crippen LogP contribution in [0.15, 0.2) is 18.2 Å². The first kappa shape index (κ1) is 16.2. The molecule has 1 aromatic rings. The molecule has 0 spiro atoms. The number of rotatable bonds is 4. The number of hydrogen-bond acceptors (Lipinski definition) is 4. The van der Waals surface area contributed by atoms with Gasteiger partial charge in [0.05, 0.1) is 11.0 Å². The van der Waals surface area contributed by atoms with Crippen molar-refractivity contribution in [1.29, 1.82) is 0 Å². The van der Waals surface area contributed by atoms with Gasteiger partial charge in [-0.05, 0) is 25.3 Å². The third kappa shape index (κ3) is 3.52. The second kappa shape index (κ2) is 6.72. The zero-order valence-corrected chi connectivity index (χ0v) is 12.6. The molecule has 1 fully saturated rings. The topological polar surface area (TPSA) is 72.7 Å². The van der Waals surface area contributed by atoms with Crippen molar-refractivity contribution in [3.8, 4) is 5.75 Å². The van der Waals surface area contributed by atoms with Gasteiger partial charge in [0.15, 0.2) is 5.75 Å². The molecule has 0 saturated heterocycles. The van der Waals surface area contributed by atoms with E-state index in [-0.39, 0.29) is 29.5 Å². The molecule has 1 aliphatic carbocycles. The number of ether oxygens (including phenoxy) is 1. The van der Waals surface area contributed by atoms with E-state index in [9.17, 15) is 19.3 Å². The first-order chi connectivity index (χ1) is 10.4. The minimum atomic E-state index is -0.596. The molecular formula is C15H19FN2O4. The van der Waals surface area contributed by atoms with Gasteiger partial charge in [-0.15, -0.1) is 0 Å². The van der Waals surface area contributed by atoms with E-state index < -0.39 is 10.7 Å². The molecule has 2 atom stereocenters. The number of benzene rings is 1. The first-order valence-electron chi connectivity index (χ1n) is 7.24. The lowest BCUT2D eigenvalue weighted by Gasteiger charge is -2.37. The summed E-state index contributed by atoms with van der Waals surface area (Å²) in [5.74, 6) is -0.763. The summed E-state index contributed by atoms with van der Waals surface area (Å²) in [4.78, 5) is 23.6. The van der Waals surface area contributed by atoms with E-state index in [1.807, 2.05) is 0 Å². The molecule has 7 heteroatoms. The van der Waals surface area contributed by atoms with E-state index in [1.54, 1.807) is 11.9 Å². The van der Waals surface area contributed by atoms with E-state index >= 15 is 0 Å². The highest BCUT2D eigenvalue weighted by molar-refractivity contribution is 5.73. The Balaban J connectivity index is 2.25. The highest BCUT2D eigenvalue weighted by Crippen LogP contribution is 2.32. The van der Waals surface area contributed by atoms with Gasteiger partial charge in [0.1, 0.15) is 11.9 Å². The predicted molar refractivity (Wildman–Crippen MR) is 78.2 cm³/mol. The van der Waals surface area contributed by atoms with Crippen LogP contribution in [0.1, 0.15) is 32.6 Å². The Morgan fingerprint density at radius 2 is 2.09 bits per heavy atom. The van der Waals surface area contributed by atoms with Crippen molar-refractivity contribution in [3.05, 3.63) is 34.1 Å². The maximum absolute atomic E-state index is 13.4. The number of nitro benzene ring substituents is 1. The third-order valence-electron chi connectivity index (χ3n) is 4.06. The van der Waals surface area contributed by atoms with Crippen molar-refractivity contribution < 1.29 is 18.8 Å². The second-order valence-corrected chi connectivity index (χ2v) is 5.51. The Morgan fingerprint density at radius 3 is 2.73 bits per heavy atom. The summed E-state index contributed by atoms with van der Waals surface area (Å²) in [7, 11) is 1.69. The minimum Gasteiger partial charge on any atom is -0.481 e. The summed E-state index contributed by atoms with van der Waals surface area (Å²) in [6.45, 7) is 1.47. The van der Waals surface area contributed by atoms with Gasteiger partial charge in [0, 0.05) is 26.1 Å². The number of likely N-dealkylation sites (N-methyl/N-ethyl adjacent to an activating group) is 1. The minimum absolute atomic E-state index is 0.0844. The van der Waals surface area contributed by atoms with Crippen LogP contribution in [0.4, 0.5) is 10.1 Å². The van der Waals surface area contributed by atoms with E-state index in [4.69, 9.17) is 4.74 Å². The molecule has 0 heterocycles. The summed E-state index contributed by atoms with van der Waals surface area (Å²) in [6, 6.07) is 2.99. The van der Waals surface area contributed by atoms with Crippen LogP contribution in [0, 0.1) is 15.9 Å². The Morgan fingerprint density at radius 1 is 1.41 bits per heavy atom. The summed E-state index contributed by atoms with van der Waals surface area (Å²) < 4.78 is 19.1. The Bertz CT molecular complexity index is 579. The van der Waals surface area contributed by atoms with Crippen molar-refractivity contribution in [2.45, 2.75) is 44.8 Å². The summed E-state index contributed by atoms with van der Waals surface area (Å²) >= 11 is 0. The van der Waals surface area contributed by atoms with Crippen molar-refractivity contribution in [1.82, 2.24) is 4.90 Å². The maximum atomic E-state index is 13.4. The van der Waals surface area contributed by atoms with Crippen molar-refractivity contribution >= 4 is 11.6 Å². The molecule has 0 unspecified atom stereocenters. The number of carbonyl (C=O) groups excluding carboxylic acids is 1. The number of nitro groups is 1. The van der Waals surface area contributed by atoms with E-state index in [0.29, 0.717) is 6.42 Å². The van der Waals surface area contributed by atoms with E-state index in [1.165, 1.54) is 6.92 Å². The van der Waals surface area contributed by atoms with Crippen LogP contribution in [-0.2, 0) is 4.79 Å². The van der Waals surface area contributed by atoms with Crippen molar-refractivity contribution in [3.63, 3.8) is 0 Å². The molecule has 22 heavy (non-hydrogen) atoms. The largest absolute Gasteiger partial charge is 0.481 e. The predicted octanol–water partition coefficient (Wildman–Crippen LogP) is 2.90. The van der Waals surface area contributed by atoms with Gasteiger partial charge in [0.2, 0.25) is 5.91 Å². The Labute approximate surface area is 128 Å². The summed E-state index contributed by atoms with van der Waals surface area (Å²) in [5, 5.41) is 11.0. The van der Waals surface area contributed by atoms with Crippen LogP contribution in [-0.4, -0.2) is 34.9 Å². The number of halogens is 1. The quantitative estimate of drug-likeness (QED) is 0.633. The van der Waals surface area contributed by atoms with Gasteiger partial charge in [-0.25, -0.2) is 4.39 Å². The van der Waals surface area contributed by atoms with Crippen LogP contribution in [0.2, 0.25) is 0 Å². The second-order valence-electron chi connectivity index (χ2n) is 5.51. The van der Waals surface area contributed by atoms with Crippen LogP contribution in [0.3, 0.4) is 0 Å². The fraction of sp³-hybridized carbons (Fsp3) is 0.533. The molecule has 0 N–H and O–H groups in total. The van der Waals surface area contributed by atoms with Crippen LogP contribution in [0.25, 0.3) is 0 Å². The molecular weight excluding hydrogens is 291 g/mol. The molecule has 0 bridgehead atoms. The SMILES string of the molecule is CC(=O)N(C)[C@H]1CCCC[C@@H]1Oc1cc(F)ccc1[N+](=O)[O-]. The molecule has 1 saturated carbocycles. The molecule has 1 aromatic carbocycles. The molecule has 2 rings (SSSR count). The van der Waals surface area contributed by atoms with Crippen molar-refractivity contribution in [2.75, 3.05) is 7.05 Å². The average molecular weight is 310 g/mol. The van der Waals surface area contributed by atoms with Gasteiger partial charge in [-0.3, -0.25) is 14.9 Å². The van der Waals surface area contributed by atoms with E-state index in [2.05, 4.69) is 0 Å². The van der Waals surface area contributed by atoms with Crippen LogP contribution < -0.4 is 4.74 Å². The smallest absolute Gasteiger partial charge is 0.311 e. The highest BCUT2D eigenvalue weighted by atomic mass is 19.1. The van der Waals surface area contributed by atoms with E-state index in [0.717, 1.165) is 37.5 Å². The van der Waals surface area contributed by atoms with Gasteiger partial charge in [-0.2, -0.15) is 0 Å². The lowest BCUT2D eigenvalue weighted by atomic mass is 9.91. The molecule has 1 aliphatic rings. The standard InChI is InChI=1S/C15H19FN2O4/c1-10(19)17(2)12-5-3-4-6-14(12)22-15-9-11(16)7-8-13(15)18(20)21/h7-9,12,14H,3-6H2,1-2H3/t12-,14-/m0/s1. The molecule has 0 aliphatic heterocycles. The van der Waals surface area contributed by atoms with Gasteiger partial charge >= 0.3 is 5.69 Å². The Kier molecular flexibility index (Phi) is 4.95. The number of hydrogen-bond donors (Lipinski definition) is 0. The molecule has 120 valence electrons. The summed E-state index contributed by atoms with van der Waals surface area (Å²) in [6.07, 6.45) is 2.95. The lowest BCUT2D eigenvalue weighted by Crippen LogP contribution is -2.48. The zero-order chi connectivity index (χ0) is 16.3. The highest BCUT2D eigenvalue weighted by Gasteiger charge is 2.32. The average Bonchev–Trinajstić information content (AvgIpc) is 2.46. The van der Waals surface area contributed by atoms with Gasteiger partial charge < -0.3 is 9.64 Å². The lowest BCUT2D eigenvalue weighted by molar-refractivity contribution is -0.386. The number of nitrogens with zero attached hydrogens (tertiary/aromatic N) is 2. The molecule has 1 amide bonds. The monoisotopic (exact) mass is 310 g/mol. The normalized spacial score (nSPS) is 21.2. The van der Waals surface area contributed by atoms with Crippen LogP contribution >= 0.6 is 0 Å². The fourth-order valence-electron chi connectivity index (χ4n) is 2.79. The van der Waals surface area contributed by atoms with Gasteiger partial charge in [-0.1, -0.05) is 6.42 Å². The summed E-state index contributed by atoms with van der Waals surface area (Å²) in [5.41, 5.74) is -0.267. The zero-order valence-electron chi connectivity index (χ0n) is 12.6. The number of amides is 1. The number of carbonyl (C=O) groups is 1. The third-order valence-corrected chi connectivity index (χ3v) is 4.06. The molecule has 0 radical (unpaired) electrons. The first-order valence-corrected chi connectivity index (χ1v) is 7.24. The fourth-order valence-corrected chi connectivity index (χ4v) is 2.79. The maximum Gasteiger partial charge on any atom is 0.311 e. The molecule has 0 aromatic heterocycles. The van der Waals surface area contributed by atoms with Crippen molar-refractivity contribution in [2.24, 2.45) is 0 Å². The van der Waals surface area contributed by atoms with Gasteiger partial charge in [0.25, 0.3) is 0 Å². The Hall–Kier alpha value is -2.18. The van der Waals surface area contributed by atoms with Crippen LogP contribution in [0.5, 0.6) is 5.75 Å².